The van der Waals surface area contributed by atoms with Gasteiger partial charge in [0.1, 0.15) is 18.1 Å². The zero-order chi connectivity index (χ0) is 24.1. The van der Waals surface area contributed by atoms with Crippen LogP contribution in [-0.2, 0) is 32.1 Å². The van der Waals surface area contributed by atoms with E-state index in [1.165, 1.54) is 6.92 Å². The second-order valence-electron chi connectivity index (χ2n) is 8.17. The van der Waals surface area contributed by atoms with Gasteiger partial charge >= 0.3 is 5.97 Å². The lowest BCUT2D eigenvalue weighted by molar-refractivity contribution is -0.140. The van der Waals surface area contributed by atoms with Crippen LogP contribution in [0.4, 0.5) is 0 Å². The summed E-state index contributed by atoms with van der Waals surface area (Å²) in [6.45, 7) is 3.42. The average Bonchev–Trinajstić information content (AvgIpc) is 2.84. The summed E-state index contributed by atoms with van der Waals surface area (Å²) in [5.41, 5.74) is 3.57. The van der Waals surface area contributed by atoms with Crippen LogP contribution in [0, 0.1) is 0 Å². The Hall–Kier alpha value is -3.44. The van der Waals surface area contributed by atoms with Crippen molar-refractivity contribution in [3.63, 3.8) is 0 Å². The maximum Gasteiger partial charge on any atom is 0.338 e. The zero-order valence-corrected chi connectivity index (χ0v) is 20.7. The fourth-order valence-electron chi connectivity index (χ4n) is 4.16. The zero-order valence-electron chi connectivity index (χ0n) is 19.1. The van der Waals surface area contributed by atoms with Crippen LogP contribution in [0.2, 0.25) is 0 Å². The van der Waals surface area contributed by atoms with Gasteiger partial charge < -0.3 is 9.47 Å². The van der Waals surface area contributed by atoms with Gasteiger partial charge in [-0.3, -0.25) is 4.79 Å². The third-order valence-corrected chi connectivity index (χ3v) is 6.28. The molecule has 1 aliphatic rings. The molecule has 0 fully saturated rings. The van der Waals surface area contributed by atoms with Gasteiger partial charge in [-0.15, -0.1) is 0 Å². The Kier molecular flexibility index (Phi) is 7.43. The smallest absolute Gasteiger partial charge is 0.338 e. The van der Waals surface area contributed by atoms with E-state index in [1.54, 1.807) is 6.92 Å². The molecule has 0 aromatic heterocycles. The summed E-state index contributed by atoms with van der Waals surface area (Å²) < 4.78 is 12.8. The summed E-state index contributed by atoms with van der Waals surface area (Å²) >= 11 is 3.45. The molecule has 1 heterocycles. The van der Waals surface area contributed by atoms with E-state index < -0.39 is 11.9 Å². The number of ketones is 1. The number of allylic oxidation sites excluding steroid dienone is 3. The van der Waals surface area contributed by atoms with Crippen LogP contribution < -0.4 is 0 Å². The van der Waals surface area contributed by atoms with Gasteiger partial charge in [-0.2, -0.15) is 0 Å². The van der Waals surface area contributed by atoms with E-state index in [0.29, 0.717) is 29.1 Å². The predicted molar refractivity (Wildman–Crippen MR) is 135 cm³/mol. The highest BCUT2D eigenvalue weighted by Gasteiger charge is 2.38. The van der Waals surface area contributed by atoms with Crippen molar-refractivity contribution in [2.75, 3.05) is 0 Å². The number of esters is 1. The maximum atomic E-state index is 13.3. The monoisotopic (exact) mass is 516 g/mol. The van der Waals surface area contributed by atoms with Crippen molar-refractivity contribution in [3.8, 4) is 0 Å². The van der Waals surface area contributed by atoms with Crippen LogP contribution in [-0.4, -0.2) is 11.8 Å². The van der Waals surface area contributed by atoms with Gasteiger partial charge in [0, 0.05) is 16.5 Å². The molecule has 0 saturated heterocycles. The van der Waals surface area contributed by atoms with Crippen molar-refractivity contribution in [3.05, 3.63) is 129 Å². The number of carbonyl (C=O) groups is 2. The van der Waals surface area contributed by atoms with Gasteiger partial charge in [-0.05, 0) is 42.7 Å². The highest BCUT2D eigenvalue weighted by molar-refractivity contribution is 9.10. The van der Waals surface area contributed by atoms with E-state index in [9.17, 15) is 9.59 Å². The molecule has 1 aliphatic heterocycles. The lowest BCUT2D eigenvalue weighted by atomic mass is 9.79. The minimum Gasteiger partial charge on any atom is -0.465 e. The van der Waals surface area contributed by atoms with Gasteiger partial charge in [-0.25, -0.2) is 4.79 Å². The van der Waals surface area contributed by atoms with Crippen LogP contribution in [0.5, 0.6) is 0 Å². The third-order valence-electron chi connectivity index (χ3n) is 5.76. The Labute approximate surface area is 208 Å². The van der Waals surface area contributed by atoms with E-state index in [2.05, 4.69) is 15.9 Å². The van der Waals surface area contributed by atoms with Gasteiger partial charge in [0.2, 0.25) is 0 Å². The molecule has 0 saturated carbocycles. The normalized spacial score (nSPS) is 15.7. The lowest BCUT2D eigenvalue weighted by Gasteiger charge is -2.30. The highest BCUT2D eigenvalue weighted by atomic mass is 79.9. The van der Waals surface area contributed by atoms with Crippen molar-refractivity contribution in [2.45, 2.75) is 32.8 Å². The molecule has 172 valence electrons. The first-order valence-electron chi connectivity index (χ1n) is 11.1. The van der Waals surface area contributed by atoms with Crippen molar-refractivity contribution in [1.29, 1.82) is 0 Å². The Bertz CT molecular complexity index is 1240. The van der Waals surface area contributed by atoms with Crippen molar-refractivity contribution in [2.24, 2.45) is 0 Å². The topological polar surface area (TPSA) is 52.6 Å². The van der Waals surface area contributed by atoms with Crippen LogP contribution in [0.15, 0.2) is 112 Å². The summed E-state index contributed by atoms with van der Waals surface area (Å²) in [7, 11) is 0. The van der Waals surface area contributed by atoms with E-state index in [-0.39, 0.29) is 12.4 Å². The quantitative estimate of drug-likeness (QED) is 0.329. The van der Waals surface area contributed by atoms with E-state index in [1.807, 2.05) is 84.9 Å². The molecule has 4 nitrogen and oxygen atoms in total. The molecule has 0 N–H and O–H groups in total. The second kappa shape index (κ2) is 10.7. The number of halogens is 1. The number of rotatable bonds is 7. The summed E-state index contributed by atoms with van der Waals surface area (Å²) in [6.07, 6.45) is 0.440. The van der Waals surface area contributed by atoms with E-state index >= 15 is 0 Å². The molecule has 0 aliphatic carbocycles. The van der Waals surface area contributed by atoms with Crippen LogP contribution in [0.3, 0.4) is 0 Å². The minimum absolute atomic E-state index is 0.137. The molecule has 4 rings (SSSR count). The number of hydrogen-bond donors (Lipinski definition) is 0. The molecule has 34 heavy (non-hydrogen) atoms. The second-order valence-corrected chi connectivity index (χ2v) is 9.09. The molecule has 0 bridgehead atoms. The van der Waals surface area contributed by atoms with Crippen molar-refractivity contribution in [1.82, 2.24) is 0 Å². The molecule has 1 atom stereocenters. The summed E-state index contributed by atoms with van der Waals surface area (Å²) in [5.74, 6) is -0.190. The molecular formula is C29H25BrO4. The molecule has 1 unspecified atom stereocenters. The Morgan fingerprint density at radius 1 is 0.853 bits per heavy atom. The number of Topliss-reactive ketones (excluding diaryl/α,β-unsaturated/α-hetero) is 1. The molecule has 0 radical (unpaired) electrons. The summed E-state index contributed by atoms with van der Waals surface area (Å²) in [5, 5.41) is 0. The summed E-state index contributed by atoms with van der Waals surface area (Å²) in [6, 6.07) is 26.9. The van der Waals surface area contributed by atoms with E-state index in [4.69, 9.17) is 9.47 Å². The maximum absolute atomic E-state index is 13.3. The van der Waals surface area contributed by atoms with Gasteiger partial charge in [0.15, 0.2) is 5.78 Å². The molecule has 0 amide bonds. The first-order chi connectivity index (χ1) is 16.4. The first-order valence-corrected chi connectivity index (χ1v) is 11.9. The van der Waals surface area contributed by atoms with Gasteiger partial charge in [0.25, 0.3) is 0 Å². The number of hydrogen-bond acceptors (Lipinski definition) is 4. The van der Waals surface area contributed by atoms with Crippen LogP contribution in [0.25, 0.3) is 0 Å². The first kappa shape index (κ1) is 23.7. The van der Waals surface area contributed by atoms with Gasteiger partial charge in [0.05, 0.1) is 11.5 Å². The predicted octanol–water partition coefficient (Wildman–Crippen LogP) is 6.67. The number of ether oxygens (including phenoxy) is 2. The fraction of sp³-hybridized carbons (Fsp3) is 0.172. The molecule has 0 spiro atoms. The van der Waals surface area contributed by atoms with Crippen molar-refractivity contribution < 1.29 is 19.1 Å². The van der Waals surface area contributed by atoms with Gasteiger partial charge in [-0.1, -0.05) is 88.7 Å². The summed E-state index contributed by atoms with van der Waals surface area (Å²) in [4.78, 5) is 26.3. The highest BCUT2D eigenvalue weighted by Crippen LogP contribution is 2.42. The van der Waals surface area contributed by atoms with Crippen LogP contribution in [0.1, 0.15) is 36.5 Å². The Balaban J connectivity index is 1.73. The molecule has 5 heteroatoms. The SMILES string of the molecule is CC(=O)C1=C(Cc2ccc(Br)cc2)OC(C)=C(C(=O)OCc2ccccc2)C1c1ccccc1. The fourth-order valence-corrected chi connectivity index (χ4v) is 4.43. The number of carbonyl (C=O) groups excluding carboxylic acids is 2. The van der Waals surface area contributed by atoms with Crippen LogP contribution >= 0.6 is 15.9 Å². The molecular weight excluding hydrogens is 492 g/mol. The largest absolute Gasteiger partial charge is 0.465 e. The Morgan fingerprint density at radius 2 is 1.47 bits per heavy atom. The number of benzene rings is 3. The molecule has 3 aromatic carbocycles. The van der Waals surface area contributed by atoms with Crippen molar-refractivity contribution >= 4 is 27.7 Å². The van der Waals surface area contributed by atoms with E-state index in [0.717, 1.165) is 21.2 Å². The molecule has 3 aromatic rings. The standard InChI is InChI=1S/C29H25BrO4/c1-19(31)26-25(17-21-13-15-24(30)16-14-21)34-20(2)27(28(26)23-11-7-4-8-12-23)29(32)33-18-22-9-5-3-6-10-22/h3-16,28H,17-18H2,1-2H3. The average molecular weight is 517 g/mol. The third kappa shape index (κ3) is 5.37. The Morgan fingerprint density at radius 3 is 2.09 bits per heavy atom. The minimum atomic E-state index is -0.568. The lowest BCUT2D eigenvalue weighted by Crippen LogP contribution is -2.27.